The Hall–Kier alpha value is -2.75. The minimum absolute atomic E-state index is 0.871. The monoisotopic (exact) mass is 376 g/mol. The molecule has 2 rings (SSSR count). The van der Waals surface area contributed by atoms with Crippen LogP contribution < -0.4 is 0 Å². The molecule has 0 spiro atoms. The number of aliphatic imine (C=N–C) groups is 1. The van der Waals surface area contributed by atoms with Gasteiger partial charge in [-0.25, -0.2) is 0 Å². The van der Waals surface area contributed by atoms with Gasteiger partial charge in [0.1, 0.15) is 0 Å². The maximum Gasteiger partial charge on any atom is 0.0911 e. The van der Waals surface area contributed by atoms with Gasteiger partial charge in [0, 0.05) is 30.8 Å². The number of aromatic nitrogens is 3. The summed E-state index contributed by atoms with van der Waals surface area (Å²) in [5.74, 6) is 0. The lowest BCUT2D eigenvalue weighted by Gasteiger charge is -2.14. The predicted octanol–water partition coefficient (Wildman–Crippen LogP) is 5.80. The van der Waals surface area contributed by atoms with E-state index in [1.807, 2.05) is 29.2 Å². The van der Waals surface area contributed by atoms with Gasteiger partial charge in [-0.3, -0.25) is 14.7 Å². The summed E-state index contributed by atoms with van der Waals surface area (Å²) >= 11 is 0. The van der Waals surface area contributed by atoms with Gasteiger partial charge in [-0.05, 0) is 61.4 Å². The Labute approximate surface area is 169 Å². The van der Waals surface area contributed by atoms with E-state index in [4.69, 9.17) is 0 Å². The maximum atomic E-state index is 4.60. The third-order valence-corrected chi connectivity index (χ3v) is 4.88. The summed E-state index contributed by atoms with van der Waals surface area (Å²) in [7, 11) is 0. The number of pyridine rings is 1. The van der Waals surface area contributed by atoms with E-state index in [1.165, 1.54) is 11.1 Å². The zero-order valence-electron chi connectivity index (χ0n) is 17.5. The Morgan fingerprint density at radius 3 is 2.75 bits per heavy atom. The molecule has 0 amide bonds. The minimum atomic E-state index is 0.871. The van der Waals surface area contributed by atoms with Crippen LogP contribution in [0, 0.1) is 0 Å². The maximum absolute atomic E-state index is 4.60. The molecule has 0 unspecified atom stereocenters. The molecule has 0 bridgehead atoms. The number of rotatable bonds is 11. The molecule has 4 nitrogen and oxygen atoms in total. The van der Waals surface area contributed by atoms with Crippen molar-refractivity contribution >= 4 is 11.8 Å². The normalized spacial score (nSPS) is 12.2. The Balaban J connectivity index is 2.25. The molecule has 0 radical (unpaired) electrons. The number of aryl methyl sites for hydroxylation is 3. The van der Waals surface area contributed by atoms with Crippen LogP contribution in [-0.2, 0) is 19.4 Å². The lowest BCUT2D eigenvalue weighted by atomic mass is 9.96. The van der Waals surface area contributed by atoms with Crippen molar-refractivity contribution in [2.75, 3.05) is 0 Å². The van der Waals surface area contributed by atoms with Gasteiger partial charge in [0.2, 0.25) is 0 Å². The third kappa shape index (κ3) is 5.38. The molecule has 148 valence electrons. The number of unbranched alkanes of at least 4 members (excludes halogenated alkanes) is 1. The van der Waals surface area contributed by atoms with Gasteiger partial charge in [0.05, 0.1) is 11.4 Å². The van der Waals surface area contributed by atoms with E-state index in [0.717, 1.165) is 61.3 Å². The first kappa shape index (κ1) is 21.5. The highest BCUT2D eigenvalue weighted by atomic mass is 15.3. The largest absolute Gasteiger partial charge is 0.263 e. The first-order valence-electron chi connectivity index (χ1n) is 10.1. The fourth-order valence-electron chi connectivity index (χ4n) is 3.23. The first-order valence-corrected chi connectivity index (χ1v) is 10.1. The van der Waals surface area contributed by atoms with E-state index in [0.29, 0.717) is 0 Å². The van der Waals surface area contributed by atoms with E-state index in [1.54, 1.807) is 6.20 Å². The molecule has 0 atom stereocenters. The molecule has 2 aromatic heterocycles. The molecular formula is C24H32N4. The van der Waals surface area contributed by atoms with Crippen LogP contribution in [0.15, 0.2) is 60.5 Å². The topological polar surface area (TPSA) is 43.1 Å². The first-order chi connectivity index (χ1) is 13.7. The van der Waals surface area contributed by atoms with Gasteiger partial charge in [0.25, 0.3) is 0 Å². The highest BCUT2D eigenvalue weighted by Crippen LogP contribution is 2.20. The Kier molecular flexibility index (Phi) is 8.60. The molecule has 0 fully saturated rings. The van der Waals surface area contributed by atoms with Crippen LogP contribution in [0.4, 0.5) is 0 Å². The van der Waals surface area contributed by atoms with E-state index in [-0.39, 0.29) is 0 Å². The van der Waals surface area contributed by atoms with Crippen molar-refractivity contribution < 1.29 is 0 Å². The van der Waals surface area contributed by atoms with Crippen LogP contribution >= 0.6 is 0 Å². The number of nitrogens with zero attached hydrogens (tertiary/aromatic N) is 4. The van der Waals surface area contributed by atoms with Crippen LogP contribution in [-0.4, -0.2) is 20.5 Å². The zero-order valence-corrected chi connectivity index (χ0v) is 17.5. The van der Waals surface area contributed by atoms with Crippen molar-refractivity contribution in [1.29, 1.82) is 0 Å². The molecule has 0 aliphatic rings. The van der Waals surface area contributed by atoms with E-state index >= 15 is 0 Å². The average Bonchev–Trinajstić information content (AvgIpc) is 3.19. The Morgan fingerprint density at radius 2 is 2.11 bits per heavy atom. The summed E-state index contributed by atoms with van der Waals surface area (Å²) in [6, 6.07) is 4.17. The fourth-order valence-corrected chi connectivity index (χ4v) is 3.23. The van der Waals surface area contributed by atoms with Crippen LogP contribution in [0.2, 0.25) is 0 Å². The Morgan fingerprint density at radius 1 is 1.29 bits per heavy atom. The minimum Gasteiger partial charge on any atom is -0.263 e. The molecule has 0 N–H and O–H groups in total. The van der Waals surface area contributed by atoms with Gasteiger partial charge < -0.3 is 0 Å². The zero-order chi connectivity index (χ0) is 20.4. The number of hydrogen-bond acceptors (Lipinski definition) is 3. The van der Waals surface area contributed by atoms with Crippen LogP contribution in [0.1, 0.15) is 62.5 Å². The summed E-state index contributed by atoms with van der Waals surface area (Å²) < 4.78 is 2.04. The molecular weight excluding hydrogens is 344 g/mol. The summed E-state index contributed by atoms with van der Waals surface area (Å²) in [4.78, 5) is 9.17. The van der Waals surface area contributed by atoms with E-state index in [9.17, 15) is 0 Å². The van der Waals surface area contributed by atoms with Crippen molar-refractivity contribution in [3.63, 3.8) is 0 Å². The van der Waals surface area contributed by atoms with Gasteiger partial charge in [0.15, 0.2) is 0 Å². The second-order valence-electron chi connectivity index (χ2n) is 6.70. The highest BCUT2D eigenvalue weighted by Gasteiger charge is 2.15. The fraction of sp³-hybridized carbons (Fsp3) is 0.375. The van der Waals surface area contributed by atoms with Crippen molar-refractivity contribution in [3.8, 4) is 0 Å². The van der Waals surface area contributed by atoms with Gasteiger partial charge in [-0.1, -0.05) is 45.6 Å². The quantitative estimate of drug-likeness (QED) is 0.465. The molecule has 28 heavy (non-hydrogen) atoms. The molecule has 0 saturated carbocycles. The number of allylic oxidation sites excluding steroid dienone is 2. The van der Waals surface area contributed by atoms with Crippen LogP contribution in [0.5, 0.6) is 0 Å². The van der Waals surface area contributed by atoms with Crippen molar-refractivity contribution in [2.24, 2.45) is 4.99 Å². The van der Waals surface area contributed by atoms with Crippen LogP contribution in [0.25, 0.3) is 6.08 Å². The lowest BCUT2D eigenvalue weighted by molar-refractivity contribution is 0.568. The smallest absolute Gasteiger partial charge is 0.0911 e. The molecule has 0 aromatic carbocycles. The molecule has 0 aliphatic carbocycles. The standard InChI is InChI=1S/C24H32N4/c1-6-11-16-28-23(14-15-27-28)24(25-10-5)19(7-2)12-13-21-18-26-22(9-4)17-20(21)8-3/h7-8,10,14-15,17-18H,3,5-6,9,11-13,16H2,1-2,4H3/b19-7-,25-24+. The summed E-state index contributed by atoms with van der Waals surface area (Å²) in [6.45, 7) is 15.1. The Bertz CT molecular complexity index is 855. The van der Waals surface area contributed by atoms with Crippen molar-refractivity contribution in [3.05, 3.63) is 78.0 Å². The lowest BCUT2D eigenvalue weighted by Crippen LogP contribution is -2.14. The molecule has 2 heterocycles. The molecule has 0 saturated heterocycles. The van der Waals surface area contributed by atoms with Crippen molar-refractivity contribution in [2.45, 2.75) is 59.4 Å². The van der Waals surface area contributed by atoms with E-state index < -0.39 is 0 Å². The average molecular weight is 377 g/mol. The second kappa shape index (κ2) is 11.2. The second-order valence-corrected chi connectivity index (χ2v) is 6.70. The predicted molar refractivity (Wildman–Crippen MR) is 120 cm³/mol. The number of hydrogen-bond donors (Lipinski definition) is 0. The van der Waals surface area contributed by atoms with Gasteiger partial charge >= 0.3 is 0 Å². The van der Waals surface area contributed by atoms with Crippen molar-refractivity contribution in [1.82, 2.24) is 14.8 Å². The molecule has 2 aromatic rings. The summed E-state index contributed by atoms with van der Waals surface area (Å²) in [5.41, 5.74) is 6.65. The summed E-state index contributed by atoms with van der Waals surface area (Å²) in [6.07, 6.45) is 14.4. The van der Waals surface area contributed by atoms with Gasteiger partial charge in [-0.2, -0.15) is 5.10 Å². The molecule has 0 aliphatic heterocycles. The SMILES string of the molecule is C=C/N=C(\C(=C/C)CCc1cnc(CC)cc1C=C)c1ccnn1CCCC. The summed E-state index contributed by atoms with van der Waals surface area (Å²) in [5, 5.41) is 4.49. The highest BCUT2D eigenvalue weighted by molar-refractivity contribution is 6.11. The van der Waals surface area contributed by atoms with E-state index in [2.05, 4.69) is 61.1 Å². The third-order valence-electron chi connectivity index (χ3n) is 4.88. The van der Waals surface area contributed by atoms with Crippen LogP contribution in [0.3, 0.4) is 0 Å². The van der Waals surface area contributed by atoms with Gasteiger partial charge in [-0.15, -0.1) is 0 Å². The molecule has 4 heteroatoms.